The van der Waals surface area contributed by atoms with Crippen LogP contribution in [0.4, 0.5) is 10.1 Å². The summed E-state index contributed by atoms with van der Waals surface area (Å²) in [5.41, 5.74) is -0.0316. The minimum Gasteiger partial charge on any atom is -0.480 e. The molecule has 0 aromatic heterocycles. The molecular formula is C15H17FN2O5. The number of ether oxygens (including phenoxy) is 1. The van der Waals surface area contributed by atoms with Gasteiger partial charge in [-0.3, -0.25) is 9.59 Å². The molecule has 1 aromatic rings. The smallest absolute Gasteiger partial charge is 0.326 e. The van der Waals surface area contributed by atoms with Crippen molar-refractivity contribution in [2.24, 2.45) is 0 Å². The van der Waals surface area contributed by atoms with E-state index in [0.29, 0.717) is 0 Å². The summed E-state index contributed by atoms with van der Waals surface area (Å²) < 4.78 is 19.1. The van der Waals surface area contributed by atoms with Crippen LogP contribution in [-0.2, 0) is 14.3 Å². The molecule has 1 aliphatic rings. The van der Waals surface area contributed by atoms with Crippen molar-refractivity contribution in [3.05, 3.63) is 29.6 Å². The molecule has 2 atom stereocenters. The second-order valence-electron chi connectivity index (χ2n) is 5.28. The van der Waals surface area contributed by atoms with E-state index in [9.17, 15) is 23.9 Å². The Labute approximate surface area is 132 Å². The zero-order chi connectivity index (χ0) is 17.1. The summed E-state index contributed by atoms with van der Waals surface area (Å²) >= 11 is 0. The van der Waals surface area contributed by atoms with Gasteiger partial charge in [0.25, 0.3) is 5.91 Å². The number of hydrogen-bond acceptors (Lipinski definition) is 4. The third kappa shape index (κ3) is 3.65. The Hall–Kier alpha value is -2.48. The van der Waals surface area contributed by atoms with Gasteiger partial charge < -0.3 is 20.1 Å². The number of likely N-dealkylation sites (tertiary alicyclic amines) is 1. The predicted molar refractivity (Wildman–Crippen MR) is 78.6 cm³/mol. The molecule has 124 valence electrons. The lowest BCUT2D eigenvalue weighted by molar-refractivity contribution is -0.141. The van der Waals surface area contributed by atoms with Crippen molar-refractivity contribution in [2.45, 2.75) is 25.5 Å². The molecule has 1 fully saturated rings. The van der Waals surface area contributed by atoms with E-state index in [1.54, 1.807) is 0 Å². The average molecular weight is 324 g/mol. The summed E-state index contributed by atoms with van der Waals surface area (Å²) in [4.78, 5) is 36.0. The third-order valence-electron chi connectivity index (χ3n) is 3.66. The van der Waals surface area contributed by atoms with Gasteiger partial charge in [-0.15, -0.1) is 0 Å². The van der Waals surface area contributed by atoms with E-state index in [4.69, 9.17) is 4.74 Å². The number of aliphatic carboxylic acids is 1. The summed E-state index contributed by atoms with van der Waals surface area (Å²) in [5.74, 6) is -3.06. The zero-order valence-corrected chi connectivity index (χ0v) is 12.7. The molecule has 0 saturated carbocycles. The van der Waals surface area contributed by atoms with Crippen LogP contribution in [0.25, 0.3) is 0 Å². The van der Waals surface area contributed by atoms with Gasteiger partial charge in [-0.1, -0.05) is 0 Å². The number of rotatable bonds is 4. The minimum atomic E-state index is -1.17. The first-order valence-corrected chi connectivity index (χ1v) is 6.97. The lowest BCUT2D eigenvalue weighted by Crippen LogP contribution is -2.41. The summed E-state index contributed by atoms with van der Waals surface area (Å²) in [6.07, 6.45) is -0.272. The molecule has 0 radical (unpaired) electrons. The summed E-state index contributed by atoms with van der Waals surface area (Å²) in [5, 5.41) is 11.7. The fraction of sp³-hybridized carbons (Fsp3) is 0.400. The molecule has 1 aliphatic heterocycles. The molecule has 0 bridgehead atoms. The van der Waals surface area contributed by atoms with Crippen molar-refractivity contribution in [2.75, 3.05) is 19.0 Å². The molecule has 2 amide bonds. The Morgan fingerprint density at radius 1 is 1.39 bits per heavy atom. The zero-order valence-electron chi connectivity index (χ0n) is 12.7. The Morgan fingerprint density at radius 2 is 2.09 bits per heavy atom. The number of nitrogens with one attached hydrogen (secondary N) is 1. The van der Waals surface area contributed by atoms with Gasteiger partial charge in [-0.2, -0.15) is 0 Å². The quantitative estimate of drug-likeness (QED) is 0.864. The highest BCUT2D eigenvalue weighted by atomic mass is 19.1. The lowest BCUT2D eigenvalue weighted by Gasteiger charge is -2.21. The second-order valence-corrected chi connectivity index (χ2v) is 5.28. The molecule has 0 spiro atoms. The number of carbonyl (C=O) groups excluding carboxylic acids is 2. The van der Waals surface area contributed by atoms with Gasteiger partial charge in [0.1, 0.15) is 11.9 Å². The van der Waals surface area contributed by atoms with Gasteiger partial charge in [-0.05, 0) is 18.2 Å². The first kappa shape index (κ1) is 16.9. The molecule has 8 heteroatoms. The van der Waals surface area contributed by atoms with E-state index in [2.05, 4.69) is 5.32 Å². The number of carboxylic acids is 1. The maximum absolute atomic E-state index is 14.0. The highest BCUT2D eigenvalue weighted by Crippen LogP contribution is 2.25. The predicted octanol–water partition coefficient (Wildman–Crippen LogP) is 1.10. The Kier molecular flexibility index (Phi) is 4.95. The number of nitrogens with zero attached hydrogens (tertiary/aromatic N) is 1. The number of halogens is 1. The van der Waals surface area contributed by atoms with Gasteiger partial charge in [0.15, 0.2) is 0 Å². The SMILES string of the molecule is COC1CC(C(=O)O)N(C(=O)c2cc(NC(C)=O)ccc2F)C1. The largest absolute Gasteiger partial charge is 0.480 e. The molecule has 1 saturated heterocycles. The minimum absolute atomic E-state index is 0.0656. The molecule has 7 nitrogen and oxygen atoms in total. The van der Waals surface area contributed by atoms with Crippen LogP contribution in [-0.4, -0.2) is 53.6 Å². The third-order valence-corrected chi connectivity index (χ3v) is 3.66. The first-order chi connectivity index (χ1) is 10.8. The highest BCUT2D eigenvalue weighted by molar-refractivity contribution is 5.99. The van der Waals surface area contributed by atoms with Gasteiger partial charge in [0.2, 0.25) is 5.91 Å². The normalized spacial score (nSPS) is 20.4. The Balaban J connectivity index is 2.31. The van der Waals surface area contributed by atoms with Gasteiger partial charge >= 0.3 is 5.97 Å². The number of amides is 2. The Bertz CT molecular complexity index is 649. The molecule has 2 N–H and O–H groups in total. The molecule has 2 rings (SSSR count). The van der Waals surface area contributed by atoms with E-state index in [1.165, 1.54) is 26.2 Å². The van der Waals surface area contributed by atoms with Crippen LogP contribution in [0.2, 0.25) is 0 Å². The van der Waals surface area contributed by atoms with E-state index < -0.39 is 29.8 Å². The number of benzene rings is 1. The van der Waals surface area contributed by atoms with Crippen molar-refractivity contribution in [1.29, 1.82) is 0 Å². The van der Waals surface area contributed by atoms with Gasteiger partial charge in [-0.25, -0.2) is 9.18 Å². The van der Waals surface area contributed by atoms with E-state index in [1.807, 2.05) is 0 Å². The summed E-state index contributed by atoms with van der Waals surface area (Å²) in [6, 6.07) is 2.50. The standard InChI is InChI=1S/C15H17FN2O5/c1-8(19)17-9-3-4-12(16)11(5-9)14(20)18-7-10(23-2)6-13(18)15(21)22/h3-5,10,13H,6-7H2,1-2H3,(H,17,19)(H,21,22). The van der Waals surface area contributed by atoms with Crippen molar-refractivity contribution in [1.82, 2.24) is 4.90 Å². The highest BCUT2D eigenvalue weighted by Gasteiger charge is 2.40. The van der Waals surface area contributed by atoms with Crippen LogP contribution < -0.4 is 5.32 Å². The van der Waals surface area contributed by atoms with Crippen molar-refractivity contribution in [3.63, 3.8) is 0 Å². The fourth-order valence-corrected chi connectivity index (χ4v) is 2.55. The average Bonchev–Trinajstić information content (AvgIpc) is 2.92. The molecule has 1 heterocycles. The molecule has 1 aromatic carbocycles. The number of carbonyl (C=O) groups is 3. The van der Waals surface area contributed by atoms with Crippen LogP contribution >= 0.6 is 0 Å². The van der Waals surface area contributed by atoms with Gasteiger partial charge in [0.05, 0.1) is 11.7 Å². The van der Waals surface area contributed by atoms with Crippen molar-refractivity contribution >= 4 is 23.5 Å². The number of anilines is 1. The molecule has 0 aliphatic carbocycles. The second kappa shape index (κ2) is 6.74. The number of hydrogen-bond donors (Lipinski definition) is 2. The summed E-state index contributed by atoms with van der Waals surface area (Å²) in [6.45, 7) is 1.35. The molecular weight excluding hydrogens is 307 g/mol. The van der Waals surface area contributed by atoms with Crippen LogP contribution in [0.15, 0.2) is 18.2 Å². The van der Waals surface area contributed by atoms with Crippen molar-refractivity contribution in [3.8, 4) is 0 Å². The Morgan fingerprint density at radius 3 is 2.65 bits per heavy atom. The maximum atomic E-state index is 14.0. The van der Waals surface area contributed by atoms with E-state index in [-0.39, 0.29) is 30.1 Å². The van der Waals surface area contributed by atoms with E-state index >= 15 is 0 Å². The molecule has 2 unspecified atom stereocenters. The van der Waals surface area contributed by atoms with Gasteiger partial charge in [0, 0.05) is 32.7 Å². The summed E-state index contributed by atoms with van der Waals surface area (Å²) in [7, 11) is 1.43. The van der Waals surface area contributed by atoms with E-state index in [0.717, 1.165) is 11.0 Å². The molecule has 23 heavy (non-hydrogen) atoms. The van der Waals surface area contributed by atoms with Crippen molar-refractivity contribution < 1.29 is 28.6 Å². The lowest BCUT2D eigenvalue weighted by atomic mass is 10.1. The van der Waals surface area contributed by atoms with Crippen LogP contribution in [0, 0.1) is 5.82 Å². The van der Waals surface area contributed by atoms with Crippen LogP contribution in [0.5, 0.6) is 0 Å². The van der Waals surface area contributed by atoms with Crippen LogP contribution in [0.1, 0.15) is 23.7 Å². The maximum Gasteiger partial charge on any atom is 0.326 e. The first-order valence-electron chi connectivity index (χ1n) is 6.97. The van der Waals surface area contributed by atoms with Crippen LogP contribution in [0.3, 0.4) is 0 Å². The monoisotopic (exact) mass is 324 g/mol. The number of carboxylic acid groups (broad SMARTS) is 1. The number of methoxy groups -OCH3 is 1. The fourth-order valence-electron chi connectivity index (χ4n) is 2.55. The topological polar surface area (TPSA) is 95.9 Å².